The number of aryl methyl sites for hydroxylation is 1. The summed E-state index contributed by atoms with van der Waals surface area (Å²) in [6, 6.07) is 8.03. The molecule has 7 heteroatoms. The first-order valence-corrected chi connectivity index (χ1v) is 9.42. The first kappa shape index (κ1) is 19.1. The quantitative estimate of drug-likeness (QED) is 0.784. The summed E-state index contributed by atoms with van der Waals surface area (Å²) < 4.78 is 1.91. The summed E-state index contributed by atoms with van der Waals surface area (Å²) in [5.41, 5.74) is 2.09. The molecule has 1 aliphatic rings. The van der Waals surface area contributed by atoms with Crippen molar-refractivity contribution < 1.29 is 9.59 Å². The number of carbonyl (C=O) groups excluding carboxylic acids is 2. The summed E-state index contributed by atoms with van der Waals surface area (Å²) in [5.74, 6) is 0.830. The van der Waals surface area contributed by atoms with E-state index in [1.807, 2.05) is 35.8 Å². The van der Waals surface area contributed by atoms with Gasteiger partial charge >= 0.3 is 0 Å². The average Bonchev–Trinajstić information content (AvgIpc) is 3.27. The fourth-order valence-corrected chi connectivity index (χ4v) is 3.43. The third-order valence-corrected chi connectivity index (χ3v) is 5.14. The molecule has 1 aromatic heterocycles. The van der Waals surface area contributed by atoms with E-state index in [1.165, 1.54) is 5.56 Å². The van der Waals surface area contributed by atoms with Gasteiger partial charge < -0.3 is 14.4 Å². The van der Waals surface area contributed by atoms with Crippen LogP contribution in [-0.2, 0) is 22.7 Å². The highest BCUT2D eigenvalue weighted by Crippen LogP contribution is 2.28. The SMILES string of the molecule is CCn1cnnc1CN(C)C(=O)C1CC(=O)N(c2ccc(C(C)C)cc2)C1. The van der Waals surface area contributed by atoms with Gasteiger partial charge in [-0.2, -0.15) is 0 Å². The van der Waals surface area contributed by atoms with Crippen LogP contribution in [0.4, 0.5) is 5.69 Å². The van der Waals surface area contributed by atoms with Crippen molar-refractivity contribution in [2.24, 2.45) is 5.92 Å². The first-order chi connectivity index (χ1) is 12.9. The maximum atomic E-state index is 12.8. The Morgan fingerprint density at radius 2 is 2.00 bits per heavy atom. The average molecular weight is 369 g/mol. The van der Waals surface area contributed by atoms with E-state index < -0.39 is 0 Å². The van der Waals surface area contributed by atoms with Gasteiger partial charge in [-0.05, 0) is 30.5 Å². The number of anilines is 1. The van der Waals surface area contributed by atoms with Crippen LogP contribution in [0.15, 0.2) is 30.6 Å². The second kappa shape index (κ2) is 7.90. The molecule has 1 unspecified atom stereocenters. The first-order valence-electron chi connectivity index (χ1n) is 9.42. The fourth-order valence-electron chi connectivity index (χ4n) is 3.43. The highest BCUT2D eigenvalue weighted by atomic mass is 16.2. The molecule has 0 N–H and O–H groups in total. The maximum absolute atomic E-state index is 12.8. The number of aromatic nitrogens is 3. The second-order valence-corrected chi connectivity index (χ2v) is 7.38. The van der Waals surface area contributed by atoms with Gasteiger partial charge in [0.05, 0.1) is 12.5 Å². The van der Waals surface area contributed by atoms with Crippen molar-refractivity contribution in [3.8, 4) is 0 Å². The van der Waals surface area contributed by atoms with Crippen LogP contribution >= 0.6 is 0 Å². The number of benzene rings is 1. The van der Waals surface area contributed by atoms with Crippen LogP contribution in [0.2, 0.25) is 0 Å². The van der Waals surface area contributed by atoms with Crippen molar-refractivity contribution in [1.82, 2.24) is 19.7 Å². The summed E-state index contributed by atoms with van der Waals surface area (Å²) in [7, 11) is 1.75. The minimum absolute atomic E-state index is 0.00391. The zero-order valence-corrected chi connectivity index (χ0v) is 16.4. The minimum Gasteiger partial charge on any atom is -0.338 e. The van der Waals surface area contributed by atoms with Gasteiger partial charge in [-0.3, -0.25) is 9.59 Å². The van der Waals surface area contributed by atoms with Crippen molar-refractivity contribution in [2.45, 2.75) is 46.2 Å². The molecule has 27 heavy (non-hydrogen) atoms. The van der Waals surface area contributed by atoms with Crippen LogP contribution < -0.4 is 4.90 Å². The molecular formula is C20H27N5O2. The van der Waals surface area contributed by atoms with Crippen LogP contribution in [0.5, 0.6) is 0 Å². The number of rotatable bonds is 6. The van der Waals surface area contributed by atoms with E-state index in [2.05, 4.69) is 24.0 Å². The summed E-state index contributed by atoms with van der Waals surface area (Å²) in [6.45, 7) is 7.85. The monoisotopic (exact) mass is 369 g/mol. The number of hydrogen-bond donors (Lipinski definition) is 0. The van der Waals surface area contributed by atoms with Crippen molar-refractivity contribution >= 4 is 17.5 Å². The lowest BCUT2D eigenvalue weighted by atomic mass is 10.0. The summed E-state index contributed by atoms with van der Waals surface area (Å²) in [5, 5.41) is 7.98. The molecule has 3 rings (SSSR count). The van der Waals surface area contributed by atoms with Gasteiger partial charge in [0.1, 0.15) is 6.33 Å². The number of amides is 2. The van der Waals surface area contributed by atoms with Crippen LogP contribution in [0.3, 0.4) is 0 Å². The Morgan fingerprint density at radius 3 is 2.63 bits per heavy atom. The third-order valence-electron chi connectivity index (χ3n) is 5.14. The van der Waals surface area contributed by atoms with Crippen LogP contribution in [0.25, 0.3) is 0 Å². The number of carbonyl (C=O) groups is 2. The molecule has 1 saturated heterocycles. The van der Waals surface area contributed by atoms with E-state index >= 15 is 0 Å². The zero-order valence-electron chi connectivity index (χ0n) is 16.4. The van der Waals surface area contributed by atoms with E-state index in [9.17, 15) is 9.59 Å². The highest BCUT2D eigenvalue weighted by Gasteiger charge is 2.36. The van der Waals surface area contributed by atoms with Crippen molar-refractivity contribution in [1.29, 1.82) is 0 Å². The summed E-state index contributed by atoms with van der Waals surface area (Å²) in [4.78, 5) is 28.7. The van der Waals surface area contributed by atoms with Gasteiger partial charge in [-0.25, -0.2) is 0 Å². The Morgan fingerprint density at radius 1 is 1.30 bits per heavy atom. The molecule has 1 fully saturated rings. The van der Waals surface area contributed by atoms with Gasteiger partial charge in [0.25, 0.3) is 0 Å². The minimum atomic E-state index is -0.328. The predicted molar refractivity (Wildman–Crippen MR) is 103 cm³/mol. The molecule has 2 amide bonds. The van der Waals surface area contributed by atoms with E-state index in [0.29, 0.717) is 19.0 Å². The Kier molecular flexibility index (Phi) is 5.58. The number of hydrogen-bond acceptors (Lipinski definition) is 4. The zero-order chi connectivity index (χ0) is 19.6. The molecular weight excluding hydrogens is 342 g/mol. The summed E-state index contributed by atoms with van der Waals surface area (Å²) >= 11 is 0. The molecule has 0 saturated carbocycles. The Labute approximate surface area is 160 Å². The normalized spacial score (nSPS) is 17.0. The molecule has 144 valence electrons. The van der Waals surface area contributed by atoms with E-state index in [-0.39, 0.29) is 24.2 Å². The summed E-state index contributed by atoms with van der Waals surface area (Å²) in [6.07, 6.45) is 1.91. The maximum Gasteiger partial charge on any atom is 0.228 e. The molecule has 1 atom stereocenters. The Bertz CT molecular complexity index is 812. The van der Waals surface area contributed by atoms with Gasteiger partial charge in [-0.1, -0.05) is 26.0 Å². The van der Waals surface area contributed by atoms with Gasteiger partial charge in [0.15, 0.2) is 5.82 Å². The van der Waals surface area contributed by atoms with Gasteiger partial charge in [-0.15, -0.1) is 10.2 Å². The van der Waals surface area contributed by atoms with E-state index in [0.717, 1.165) is 18.1 Å². The molecule has 0 aliphatic carbocycles. The molecule has 2 aromatic rings. The standard InChI is InChI=1S/C20H27N5O2/c1-5-24-13-21-22-18(24)12-23(4)20(27)16-10-19(26)25(11-16)17-8-6-15(7-9-17)14(2)3/h6-9,13-14,16H,5,10-12H2,1-4H3. The fraction of sp³-hybridized carbons (Fsp3) is 0.500. The van der Waals surface area contributed by atoms with Gasteiger partial charge in [0.2, 0.25) is 11.8 Å². The molecule has 1 aliphatic heterocycles. The predicted octanol–water partition coefficient (Wildman–Crippen LogP) is 2.43. The largest absolute Gasteiger partial charge is 0.338 e. The Balaban J connectivity index is 1.66. The lowest BCUT2D eigenvalue weighted by Gasteiger charge is -2.21. The van der Waals surface area contributed by atoms with Crippen LogP contribution in [0.1, 0.15) is 44.5 Å². The number of nitrogens with zero attached hydrogens (tertiary/aromatic N) is 5. The van der Waals surface area contributed by atoms with E-state index in [4.69, 9.17) is 0 Å². The van der Waals surface area contributed by atoms with Crippen molar-refractivity contribution in [3.63, 3.8) is 0 Å². The lowest BCUT2D eigenvalue weighted by Crippen LogP contribution is -2.35. The van der Waals surface area contributed by atoms with Crippen molar-refractivity contribution in [2.75, 3.05) is 18.5 Å². The molecule has 0 bridgehead atoms. The van der Waals surface area contributed by atoms with Crippen molar-refractivity contribution in [3.05, 3.63) is 42.0 Å². The van der Waals surface area contributed by atoms with Crippen LogP contribution in [0, 0.1) is 5.92 Å². The Hall–Kier alpha value is -2.70. The molecule has 0 spiro atoms. The molecule has 0 radical (unpaired) electrons. The lowest BCUT2D eigenvalue weighted by molar-refractivity contribution is -0.135. The topological polar surface area (TPSA) is 71.3 Å². The highest BCUT2D eigenvalue weighted by molar-refractivity contribution is 6.00. The molecule has 1 aromatic carbocycles. The van der Waals surface area contributed by atoms with E-state index in [1.54, 1.807) is 23.2 Å². The second-order valence-electron chi connectivity index (χ2n) is 7.38. The smallest absolute Gasteiger partial charge is 0.228 e. The van der Waals surface area contributed by atoms with Crippen LogP contribution in [-0.4, -0.2) is 45.1 Å². The third kappa shape index (κ3) is 4.02. The van der Waals surface area contributed by atoms with Gasteiger partial charge in [0, 0.05) is 32.2 Å². The molecule has 7 nitrogen and oxygen atoms in total. The molecule has 2 heterocycles.